The number of nitrogens with zero attached hydrogens (tertiary/aromatic N) is 4. The summed E-state index contributed by atoms with van der Waals surface area (Å²) < 4.78 is 32.9. The second-order valence-corrected chi connectivity index (χ2v) is 6.58. The molecule has 0 radical (unpaired) electrons. The number of alkyl halides is 2. The summed E-state index contributed by atoms with van der Waals surface area (Å²) in [4.78, 5) is 12.5. The van der Waals surface area contributed by atoms with Gasteiger partial charge in [-0.2, -0.15) is 19.0 Å². The number of aryl methyl sites for hydroxylation is 2. The molecule has 28 heavy (non-hydrogen) atoms. The Kier molecular flexibility index (Phi) is 5.64. The number of hydrogen-bond donors (Lipinski definition) is 1. The molecule has 1 aromatic carbocycles. The summed E-state index contributed by atoms with van der Waals surface area (Å²) in [5.74, 6) is -0.659. The van der Waals surface area contributed by atoms with Crippen molar-refractivity contribution in [2.45, 2.75) is 34.1 Å². The first kappa shape index (κ1) is 19.8. The van der Waals surface area contributed by atoms with E-state index >= 15 is 0 Å². The number of nitrogens with one attached hydrogen (secondary N) is 1. The van der Waals surface area contributed by atoms with E-state index < -0.39 is 12.5 Å². The van der Waals surface area contributed by atoms with Crippen molar-refractivity contribution in [3.05, 3.63) is 58.1 Å². The summed E-state index contributed by atoms with van der Waals surface area (Å²) in [6.45, 7) is 2.65. The van der Waals surface area contributed by atoms with Crippen LogP contribution >= 0.6 is 11.6 Å². The van der Waals surface area contributed by atoms with Crippen LogP contribution in [0.25, 0.3) is 0 Å². The Labute approximate surface area is 164 Å². The first-order valence-corrected chi connectivity index (χ1v) is 8.72. The summed E-state index contributed by atoms with van der Waals surface area (Å²) in [6, 6.07) is 6.12. The number of carbonyl (C=O) groups is 1. The Morgan fingerprint density at radius 3 is 2.64 bits per heavy atom. The van der Waals surface area contributed by atoms with Gasteiger partial charge in [-0.25, -0.2) is 4.68 Å². The molecule has 3 aromatic rings. The fraction of sp³-hybridized carbons (Fsp3) is 0.278. The third kappa shape index (κ3) is 4.30. The number of amides is 1. The zero-order valence-corrected chi connectivity index (χ0v) is 16.2. The van der Waals surface area contributed by atoms with Crippen molar-refractivity contribution < 1.29 is 18.3 Å². The van der Waals surface area contributed by atoms with Gasteiger partial charge in [-0.3, -0.25) is 9.48 Å². The average molecular weight is 410 g/mol. The van der Waals surface area contributed by atoms with E-state index in [2.05, 4.69) is 20.3 Å². The Morgan fingerprint density at radius 2 is 2.00 bits per heavy atom. The highest BCUT2D eigenvalue weighted by atomic mass is 35.5. The Hall–Kier alpha value is -2.94. The Balaban J connectivity index is 1.75. The van der Waals surface area contributed by atoms with E-state index in [9.17, 15) is 13.6 Å². The predicted octanol–water partition coefficient (Wildman–Crippen LogP) is 4.02. The van der Waals surface area contributed by atoms with Crippen molar-refractivity contribution in [1.29, 1.82) is 0 Å². The number of benzene rings is 1. The summed E-state index contributed by atoms with van der Waals surface area (Å²) >= 11 is 6.13. The molecule has 0 saturated heterocycles. The van der Waals surface area contributed by atoms with E-state index in [-0.39, 0.29) is 23.8 Å². The predicted molar refractivity (Wildman–Crippen MR) is 100 cm³/mol. The van der Waals surface area contributed by atoms with E-state index in [1.807, 2.05) is 6.92 Å². The fourth-order valence-electron chi connectivity index (χ4n) is 2.62. The van der Waals surface area contributed by atoms with Crippen molar-refractivity contribution in [1.82, 2.24) is 19.6 Å². The number of rotatable bonds is 6. The van der Waals surface area contributed by atoms with Gasteiger partial charge in [0.2, 0.25) is 0 Å². The quantitative estimate of drug-likeness (QED) is 0.667. The van der Waals surface area contributed by atoms with Gasteiger partial charge in [-0.15, -0.1) is 0 Å². The van der Waals surface area contributed by atoms with Crippen LogP contribution in [0.4, 0.5) is 14.5 Å². The summed E-state index contributed by atoms with van der Waals surface area (Å²) in [5.41, 5.74) is 2.47. The highest BCUT2D eigenvalue weighted by molar-refractivity contribution is 6.31. The van der Waals surface area contributed by atoms with Crippen LogP contribution in [0.2, 0.25) is 5.02 Å². The highest BCUT2D eigenvalue weighted by Crippen LogP contribution is 2.27. The third-order valence-electron chi connectivity index (χ3n) is 4.05. The molecule has 0 spiro atoms. The van der Waals surface area contributed by atoms with Gasteiger partial charge < -0.3 is 10.1 Å². The van der Waals surface area contributed by atoms with Gasteiger partial charge >= 0.3 is 6.61 Å². The molecule has 0 unspecified atom stereocenters. The van der Waals surface area contributed by atoms with Crippen LogP contribution in [0.3, 0.4) is 0 Å². The molecule has 1 amide bonds. The molecule has 7 nitrogen and oxygen atoms in total. The molecule has 1 N–H and O–H groups in total. The number of anilines is 1. The smallest absolute Gasteiger partial charge is 0.387 e. The van der Waals surface area contributed by atoms with Gasteiger partial charge in [0.15, 0.2) is 5.69 Å². The van der Waals surface area contributed by atoms with Gasteiger partial charge in [-0.1, -0.05) is 17.7 Å². The molecule has 0 aliphatic carbocycles. The van der Waals surface area contributed by atoms with Crippen LogP contribution in [0, 0.1) is 20.8 Å². The van der Waals surface area contributed by atoms with Crippen molar-refractivity contribution in [2.75, 3.05) is 5.32 Å². The SMILES string of the molecule is Cc1ccc(NC(=O)c2ccn(Cn3nc(C)c(Cl)c3C)n2)c(OC(F)F)c1. The normalized spacial score (nSPS) is 11.1. The van der Waals surface area contributed by atoms with Crippen molar-refractivity contribution in [3.63, 3.8) is 0 Å². The van der Waals surface area contributed by atoms with Gasteiger partial charge in [0.25, 0.3) is 5.91 Å². The molecule has 0 bridgehead atoms. The van der Waals surface area contributed by atoms with Crippen LogP contribution in [-0.2, 0) is 6.67 Å². The summed E-state index contributed by atoms with van der Waals surface area (Å²) in [6.07, 6.45) is 1.62. The van der Waals surface area contributed by atoms with Crippen molar-refractivity contribution in [3.8, 4) is 5.75 Å². The van der Waals surface area contributed by atoms with E-state index in [1.54, 1.807) is 30.8 Å². The molecule has 3 rings (SSSR count). The van der Waals surface area contributed by atoms with Crippen LogP contribution in [0.15, 0.2) is 30.5 Å². The topological polar surface area (TPSA) is 74.0 Å². The van der Waals surface area contributed by atoms with Crippen LogP contribution < -0.4 is 10.1 Å². The molecule has 148 valence electrons. The monoisotopic (exact) mass is 409 g/mol. The zero-order valence-electron chi connectivity index (χ0n) is 15.4. The molecule has 0 fully saturated rings. The minimum absolute atomic E-state index is 0.111. The van der Waals surface area contributed by atoms with Crippen LogP contribution in [0.5, 0.6) is 5.75 Å². The second kappa shape index (κ2) is 7.97. The third-order valence-corrected chi connectivity index (χ3v) is 4.59. The first-order valence-electron chi connectivity index (χ1n) is 8.34. The Bertz CT molecular complexity index is 1020. The lowest BCUT2D eigenvalue weighted by atomic mass is 10.2. The Morgan fingerprint density at radius 1 is 1.25 bits per heavy atom. The van der Waals surface area contributed by atoms with Gasteiger partial charge in [0.05, 0.1) is 22.1 Å². The number of halogens is 3. The van der Waals surface area contributed by atoms with Crippen LogP contribution in [0.1, 0.15) is 27.4 Å². The molecular formula is C18H18ClF2N5O2. The minimum Gasteiger partial charge on any atom is -0.433 e. The molecule has 0 aliphatic rings. The van der Waals surface area contributed by atoms with E-state index in [0.29, 0.717) is 10.7 Å². The second-order valence-electron chi connectivity index (χ2n) is 6.20. The highest BCUT2D eigenvalue weighted by Gasteiger charge is 2.16. The van der Waals surface area contributed by atoms with Gasteiger partial charge in [-0.05, 0) is 44.5 Å². The number of carbonyl (C=O) groups excluding carboxylic acids is 1. The largest absolute Gasteiger partial charge is 0.433 e. The maximum Gasteiger partial charge on any atom is 0.387 e. The van der Waals surface area contributed by atoms with E-state index in [0.717, 1.165) is 11.3 Å². The average Bonchev–Trinajstić information content (AvgIpc) is 3.18. The number of ether oxygens (including phenoxy) is 1. The lowest BCUT2D eigenvalue weighted by molar-refractivity contribution is -0.0494. The van der Waals surface area contributed by atoms with Crippen molar-refractivity contribution in [2.24, 2.45) is 0 Å². The standard InChI is InChI=1S/C18H18ClF2N5O2/c1-10-4-5-13(15(8-10)28-18(20)21)22-17(27)14-6-7-25(24-14)9-26-12(3)16(19)11(2)23-26/h4-8,18H,9H2,1-3H3,(H,22,27). The summed E-state index contributed by atoms with van der Waals surface area (Å²) in [5, 5.41) is 11.6. The zero-order chi connectivity index (χ0) is 20.4. The number of aromatic nitrogens is 4. The fourth-order valence-corrected chi connectivity index (χ4v) is 2.76. The van der Waals surface area contributed by atoms with Gasteiger partial charge in [0, 0.05) is 6.20 Å². The summed E-state index contributed by atoms with van der Waals surface area (Å²) in [7, 11) is 0. The maximum atomic E-state index is 12.6. The molecule has 0 saturated carbocycles. The van der Waals surface area contributed by atoms with E-state index in [4.69, 9.17) is 11.6 Å². The van der Waals surface area contributed by atoms with E-state index in [1.165, 1.54) is 22.9 Å². The van der Waals surface area contributed by atoms with Gasteiger partial charge in [0.1, 0.15) is 12.4 Å². The molecule has 0 atom stereocenters. The lowest BCUT2D eigenvalue weighted by Crippen LogP contribution is -2.16. The minimum atomic E-state index is -3.00. The molecule has 10 heteroatoms. The van der Waals surface area contributed by atoms with Crippen molar-refractivity contribution >= 4 is 23.2 Å². The molecule has 0 aliphatic heterocycles. The molecular weight excluding hydrogens is 392 g/mol. The van der Waals surface area contributed by atoms with Crippen LogP contribution in [-0.4, -0.2) is 32.1 Å². The molecule has 2 heterocycles. The lowest BCUT2D eigenvalue weighted by Gasteiger charge is -2.12. The molecule has 2 aromatic heterocycles. The number of hydrogen-bond acceptors (Lipinski definition) is 4. The first-order chi connectivity index (χ1) is 13.2. The maximum absolute atomic E-state index is 12.6.